The van der Waals surface area contributed by atoms with Crippen molar-refractivity contribution in [3.63, 3.8) is 0 Å². The van der Waals surface area contributed by atoms with Crippen molar-refractivity contribution in [3.8, 4) is 5.69 Å². The lowest BCUT2D eigenvalue weighted by atomic mass is 9.89. The maximum atomic E-state index is 13.5. The Balaban J connectivity index is 1.16. The van der Waals surface area contributed by atoms with Gasteiger partial charge in [0.1, 0.15) is 17.8 Å². The van der Waals surface area contributed by atoms with Gasteiger partial charge in [-0.3, -0.25) is 14.6 Å². The lowest BCUT2D eigenvalue weighted by Gasteiger charge is -2.32. The Bertz CT molecular complexity index is 1450. The molecular weight excluding hydrogens is 497 g/mol. The fraction of sp³-hybridized carbons (Fsp3) is 0.222. The first-order valence-corrected chi connectivity index (χ1v) is 12.0. The standard InChI is InChI=1S/C27H23F3N6O2/c28-20-2-1-3-22(15-20)36-16-32-25(34-36)26(37)33-21-6-4-17(5-7-21)18-9-12-35(13-10-18)27(38)19-8-11-31-23(14-19)24(29)30/h1-8,11,14-16,18,24H,9-10,12-13H2,(H,33,37). The maximum absolute atomic E-state index is 13.5. The minimum absolute atomic E-state index is 0.0507. The van der Waals surface area contributed by atoms with Gasteiger partial charge in [-0.1, -0.05) is 18.2 Å². The lowest BCUT2D eigenvalue weighted by Crippen LogP contribution is -2.38. The Morgan fingerprint density at radius 1 is 0.974 bits per heavy atom. The van der Waals surface area contributed by atoms with Gasteiger partial charge in [-0.2, -0.15) is 0 Å². The highest BCUT2D eigenvalue weighted by Crippen LogP contribution is 2.30. The van der Waals surface area contributed by atoms with Gasteiger partial charge in [-0.15, -0.1) is 5.10 Å². The predicted molar refractivity (Wildman–Crippen MR) is 133 cm³/mol. The third-order valence-electron chi connectivity index (χ3n) is 6.44. The van der Waals surface area contributed by atoms with Crippen LogP contribution >= 0.6 is 0 Å². The molecule has 2 aromatic carbocycles. The number of nitrogens with one attached hydrogen (secondary N) is 1. The summed E-state index contributed by atoms with van der Waals surface area (Å²) >= 11 is 0. The molecule has 4 aromatic rings. The topological polar surface area (TPSA) is 93.0 Å². The third kappa shape index (κ3) is 5.56. The smallest absolute Gasteiger partial charge is 0.295 e. The van der Waals surface area contributed by atoms with Crippen LogP contribution in [0, 0.1) is 5.82 Å². The Morgan fingerprint density at radius 3 is 2.45 bits per heavy atom. The van der Waals surface area contributed by atoms with E-state index in [0.29, 0.717) is 24.5 Å². The highest BCUT2D eigenvalue weighted by Gasteiger charge is 2.25. The van der Waals surface area contributed by atoms with Gasteiger partial charge < -0.3 is 10.2 Å². The van der Waals surface area contributed by atoms with Gasteiger partial charge >= 0.3 is 0 Å². The molecule has 0 unspecified atom stereocenters. The van der Waals surface area contributed by atoms with E-state index >= 15 is 0 Å². The SMILES string of the molecule is O=C(Nc1ccc(C2CCN(C(=O)c3ccnc(C(F)F)c3)CC2)cc1)c1ncn(-c2cccc(F)c2)n1. The first-order valence-electron chi connectivity index (χ1n) is 12.0. The van der Waals surface area contributed by atoms with Crippen LogP contribution in [-0.4, -0.2) is 49.6 Å². The molecule has 0 atom stereocenters. The number of nitrogens with zero attached hydrogens (tertiary/aromatic N) is 5. The number of carbonyl (C=O) groups is 2. The van der Waals surface area contributed by atoms with E-state index in [1.807, 2.05) is 12.1 Å². The first kappa shape index (κ1) is 25.1. The van der Waals surface area contributed by atoms with Gasteiger partial charge in [0.2, 0.25) is 5.82 Å². The molecular formula is C27H23F3N6O2. The molecule has 0 spiro atoms. The summed E-state index contributed by atoms with van der Waals surface area (Å²) in [6, 6.07) is 15.8. The number of amides is 2. The maximum Gasteiger partial charge on any atom is 0.295 e. The van der Waals surface area contributed by atoms with Crippen LogP contribution in [0.5, 0.6) is 0 Å². The number of hydrogen-bond donors (Lipinski definition) is 1. The highest BCUT2D eigenvalue weighted by molar-refractivity contribution is 6.01. The number of aromatic nitrogens is 4. The molecule has 0 aliphatic carbocycles. The third-order valence-corrected chi connectivity index (χ3v) is 6.44. The summed E-state index contributed by atoms with van der Waals surface area (Å²) < 4.78 is 40.6. The summed E-state index contributed by atoms with van der Waals surface area (Å²) in [5, 5.41) is 6.87. The van der Waals surface area contributed by atoms with Gasteiger partial charge in [0.25, 0.3) is 18.2 Å². The van der Waals surface area contributed by atoms with Gasteiger partial charge in [-0.25, -0.2) is 22.8 Å². The van der Waals surface area contributed by atoms with Crippen molar-refractivity contribution in [1.29, 1.82) is 0 Å². The number of anilines is 1. The fourth-order valence-corrected chi connectivity index (χ4v) is 4.43. The van der Waals surface area contributed by atoms with Crippen molar-refractivity contribution >= 4 is 17.5 Å². The van der Waals surface area contributed by atoms with E-state index in [9.17, 15) is 22.8 Å². The Labute approximate surface area is 216 Å². The van der Waals surface area contributed by atoms with Crippen LogP contribution in [0.1, 0.15) is 57.4 Å². The molecule has 11 heteroatoms. The number of piperidine rings is 1. The van der Waals surface area contributed by atoms with Crippen LogP contribution in [0.4, 0.5) is 18.9 Å². The molecule has 3 heterocycles. The molecule has 0 bridgehead atoms. The van der Waals surface area contributed by atoms with Crippen LogP contribution in [0.25, 0.3) is 5.69 Å². The average molecular weight is 521 g/mol. The minimum Gasteiger partial charge on any atom is -0.339 e. The molecule has 1 aliphatic rings. The summed E-state index contributed by atoms with van der Waals surface area (Å²) in [6.45, 7) is 1.02. The quantitative estimate of drug-likeness (QED) is 0.386. The minimum atomic E-state index is -2.73. The van der Waals surface area contributed by atoms with Gasteiger partial charge in [0.05, 0.1) is 5.69 Å². The number of carbonyl (C=O) groups excluding carboxylic acids is 2. The van der Waals surface area contributed by atoms with Gasteiger partial charge in [0, 0.05) is 30.5 Å². The Kier molecular flexibility index (Phi) is 7.16. The van der Waals surface area contributed by atoms with Crippen molar-refractivity contribution in [2.45, 2.75) is 25.2 Å². The molecule has 0 radical (unpaired) electrons. The summed E-state index contributed by atoms with van der Waals surface area (Å²) in [4.78, 5) is 34.6. The predicted octanol–water partition coefficient (Wildman–Crippen LogP) is 5.01. The van der Waals surface area contributed by atoms with Crippen molar-refractivity contribution in [2.75, 3.05) is 18.4 Å². The van der Waals surface area contributed by atoms with Crippen molar-refractivity contribution in [1.82, 2.24) is 24.6 Å². The fourth-order valence-electron chi connectivity index (χ4n) is 4.43. The molecule has 1 saturated heterocycles. The van der Waals surface area contributed by atoms with Crippen LogP contribution in [0.2, 0.25) is 0 Å². The molecule has 1 N–H and O–H groups in total. The van der Waals surface area contributed by atoms with E-state index in [4.69, 9.17) is 0 Å². The summed E-state index contributed by atoms with van der Waals surface area (Å²) in [6.07, 6.45) is 1.30. The highest BCUT2D eigenvalue weighted by atomic mass is 19.3. The molecule has 38 heavy (non-hydrogen) atoms. The summed E-state index contributed by atoms with van der Waals surface area (Å²) in [7, 11) is 0. The number of hydrogen-bond acceptors (Lipinski definition) is 5. The average Bonchev–Trinajstić information content (AvgIpc) is 3.44. The number of likely N-dealkylation sites (tertiary alicyclic amines) is 1. The number of rotatable bonds is 6. The summed E-state index contributed by atoms with van der Waals surface area (Å²) in [5.74, 6) is -1.02. The second kappa shape index (κ2) is 10.8. The van der Waals surface area contributed by atoms with Crippen molar-refractivity contribution < 1.29 is 22.8 Å². The molecule has 1 aliphatic heterocycles. The molecule has 194 valence electrons. The summed E-state index contributed by atoms with van der Waals surface area (Å²) in [5.41, 5.74) is 1.90. The van der Waals surface area contributed by atoms with E-state index in [0.717, 1.165) is 24.5 Å². The second-order valence-corrected chi connectivity index (χ2v) is 8.91. The van der Waals surface area contributed by atoms with E-state index in [1.54, 1.807) is 29.2 Å². The Morgan fingerprint density at radius 2 is 1.74 bits per heavy atom. The van der Waals surface area contributed by atoms with Crippen LogP contribution < -0.4 is 5.32 Å². The zero-order valence-corrected chi connectivity index (χ0v) is 20.1. The van der Waals surface area contributed by atoms with Crippen molar-refractivity contribution in [3.05, 3.63) is 102 Å². The van der Waals surface area contributed by atoms with Crippen molar-refractivity contribution in [2.24, 2.45) is 0 Å². The van der Waals surface area contributed by atoms with E-state index in [2.05, 4.69) is 20.4 Å². The van der Waals surface area contributed by atoms with E-state index in [-0.39, 0.29) is 23.2 Å². The molecule has 2 aromatic heterocycles. The van der Waals surface area contributed by atoms with Crippen LogP contribution in [0.3, 0.4) is 0 Å². The largest absolute Gasteiger partial charge is 0.339 e. The molecule has 8 nitrogen and oxygen atoms in total. The second-order valence-electron chi connectivity index (χ2n) is 8.91. The Hall–Kier alpha value is -4.54. The number of benzene rings is 2. The normalized spacial score (nSPS) is 14.1. The first-order chi connectivity index (χ1) is 18.4. The van der Waals surface area contributed by atoms with Gasteiger partial charge in [-0.05, 0) is 66.8 Å². The van der Waals surface area contributed by atoms with Gasteiger partial charge in [0.15, 0.2) is 0 Å². The zero-order chi connectivity index (χ0) is 26.6. The van der Waals surface area contributed by atoms with E-state index in [1.165, 1.54) is 35.4 Å². The molecule has 5 rings (SSSR count). The number of alkyl halides is 2. The van der Waals surface area contributed by atoms with Crippen LogP contribution in [0.15, 0.2) is 73.2 Å². The monoisotopic (exact) mass is 520 g/mol. The molecule has 2 amide bonds. The molecule has 1 fully saturated rings. The molecule has 0 saturated carbocycles. The van der Waals surface area contributed by atoms with E-state index < -0.39 is 23.8 Å². The number of halogens is 3. The zero-order valence-electron chi connectivity index (χ0n) is 20.1. The van der Waals surface area contributed by atoms with Crippen LogP contribution in [-0.2, 0) is 0 Å². The number of pyridine rings is 1. The lowest BCUT2D eigenvalue weighted by molar-refractivity contribution is 0.0712.